The first-order valence-electron chi connectivity index (χ1n) is 35.3. The second-order valence-electron chi connectivity index (χ2n) is 26.5. The first kappa shape index (κ1) is 89.0. The molecule has 0 aromatic heterocycles. The van der Waals surface area contributed by atoms with E-state index < -0.39 is 28.7 Å². The molecule has 0 aliphatic rings. The molecular weight excluding hydrogens is 2320 g/mol. The molecular formula is C91H77BrI7O10S3+3. The van der Waals surface area contributed by atoms with Gasteiger partial charge in [0.1, 0.15) is 23.4 Å². The third-order valence-corrected chi connectivity index (χ3v) is 32.9. The van der Waals surface area contributed by atoms with E-state index in [0.29, 0.717) is 23.1 Å². The fourth-order valence-electron chi connectivity index (χ4n) is 11.5. The third-order valence-electron chi connectivity index (χ3n) is 17.2. The number of hydrogen-bond acceptors (Lipinski definition) is 10. The van der Waals surface area contributed by atoms with Crippen LogP contribution in [0.2, 0.25) is 0 Å². The zero-order valence-electron chi connectivity index (χ0n) is 61.7. The first-order valence-corrected chi connectivity index (χ1v) is 47.3. The van der Waals surface area contributed by atoms with Crippen LogP contribution in [0.3, 0.4) is 0 Å². The van der Waals surface area contributed by atoms with Crippen molar-refractivity contribution in [2.45, 2.75) is 122 Å². The number of carbonyl (C=O) groups excluding carboxylic acids is 5. The average molecular weight is 2400 g/mol. The highest BCUT2D eigenvalue weighted by Gasteiger charge is 2.35. The standard InChI is InChI=1S/C32H28I3O4S.C31H26I3O4S.C28H23BrIO2S/c1-32(2,39-28(36)14-9-21-38-31(37)29-26(33)19-20-27(34)30(29)35)22-15-17-25(18-16-22)40(23-10-5-3-6-11-23)24-12-7-4-8-13-24;1-31(2,38-27(35)19-20-37-30(36)28-25(32)17-18-26(33)29(28)34)21-13-15-24(16-14-21)39(22-9-5-3-6-10-22)23-11-7-4-8-12-23;1-28(2,32-27(31)20-17-22(29)19-23(30)18-20)21-13-15-26(16-14-21)33(24-9-5-3-6-10-24)25-11-7-4-8-12-25/h3-8,10-13,15-20H,9,14,21H2,1-2H3;3-18H,19-20H2,1-2H3;3-19H,1-2H3/q3*+1. The van der Waals surface area contributed by atoms with Crippen LogP contribution in [0.1, 0.15) is 109 Å². The fraction of sp³-hybridized carbons (Fsp3) is 0.154. The largest absolute Gasteiger partial charge is 0.462 e. The lowest BCUT2D eigenvalue weighted by molar-refractivity contribution is -0.159. The van der Waals surface area contributed by atoms with Crippen LogP contribution in [0.15, 0.2) is 346 Å². The zero-order valence-corrected chi connectivity index (χ0v) is 80.8. The van der Waals surface area contributed by atoms with Gasteiger partial charge in [-0.25, -0.2) is 14.4 Å². The number of esters is 5. The molecule has 0 saturated heterocycles. The van der Waals surface area contributed by atoms with E-state index in [4.69, 9.17) is 23.7 Å². The van der Waals surface area contributed by atoms with Crippen LogP contribution in [0.5, 0.6) is 0 Å². The van der Waals surface area contributed by atoms with E-state index >= 15 is 0 Å². The minimum Gasteiger partial charge on any atom is -0.462 e. The molecule has 0 atom stereocenters. The van der Waals surface area contributed by atoms with E-state index in [1.807, 2.05) is 139 Å². The predicted molar refractivity (Wildman–Crippen MR) is 512 cm³/mol. The summed E-state index contributed by atoms with van der Waals surface area (Å²) in [7, 11) is -0.696. The molecule has 112 heavy (non-hydrogen) atoms. The summed E-state index contributed by atoms with van der Waals surface area (Å²) in [5, 5.41) is 0. The smallest absolute Gasteiger partial charge is 0.340 e. The second kappa shape index (κ2) is 42.7. The number of ether oxygens (including phenoxy) is 5. The number of hydrogen-bond donors (Lipinski definition) is 0. The molecule has 0 saturated carbocycles. The zero-order chi connectivity index (χ0) is 80.1. The lowest BCUT2D eigenvalue weighted by atomic mass is 9.98. The summed E-state index contributed by atoms with van der Waals surface area (Å²) >= 11 is 18.6. The highest BCUT2D eigenvalue weighted by atomic mass is 127. The topological polar surface area (TPSA) is 132 Å². The lowest BCUT2D eigenvalue weighted by Gasteiger charge is -2.26. The van der Waals surface area contributed by atoms with Gasteiger partial charge in [0, 0.05) is 35.9 Å². The Morgan fingerprint density at radius 3 is 0.902 bits per heavy atom. The van der Waals surface area contributed by atoms with Crippen LogP contribution < -0.4 is 0 Å². The summed E-state index contributed by atoms with van der Waals surface area (Å²) in [6.45, 7) is 11.5. The van der Waals surface area contributed by atoms with Crippen LogP contribution in [0.4, 0.5) is 0 Å². The summed E-state index contributed by atoms with van der Waals surface area (Å²) in [5.74, 6) is -1.88. The SMILES string of the molecule is CC(C)(OC(=O)CCCOC(=O)c1c(I)ccc(I)c1I)c1ccc([S+](c2ccccc2)c2ccccc2)cc1.CC(C)(OC(=O)CCOC(=O)c1c(I)ccc(I)c1I)c1ccc([S+](c2ccccc2)c2ccccc2)cc1.CC(C)(OC(=O)c1cc(Br)cc(I)c1)c1ccc([S+](c2ccccc2)c2ccccc2)cc1. The molecule has 12 aromatic carbocycles. The molecule has 0 radical (unpaired) electrons. The van der Waals surface area contributed by atoms with Gasteiger partial charge in [-0.1, -0.05) is 162 Å². The molecule has 0 spiro atoms. The quantitative estimate of drug-likeness (QED) is 0.0136. The number of carbonyl (C=O) groups is 5. The highest BCUT2D eigenvalue weighted by molar-refractivity contribution is 14.1. The Morgan fingerprint density at radius 2 is 0.589 bits per heavy atom. The molecule has 0 unspecified atom stereocenters. The molecule has 10 nitrogen and oxygen atoms in total. The molecule has 0 aliphatic carbocycles. The second-order valence-corrected chi connectivity index (χ2v) is 41.5. The summed E-state index contributed by atoms with van der Waals surface area (Å²) in [6, 6.07) is 101. The van der Waals surface area contributed by atoms with Crippen molar-refractivity contribution in [2.24, 2.45) is 0 Å². The number of benzene rings is 12. The molecule has 21 heteroatoms. The van der Waals surface area contributed by atoms with E-state index in [1.165, 1.54) is 44.1 Å². The predicted octanol–water partition coefficient (Wildman–Crippen LogP) is 25.9. The third kappa shape index (κ3) is 24.9. The van der Waals surface area contributed by atoms with E-state index in [0.717, 1.165) is 46.2 Å². The van der Waals surface area contributed by atoms with Gasteiger partial charge < -0.3 is 23.7 Å². The molecule has 0 amide bonds. The van der Waals surface area contributed by atoms with Crippen LogP contribution in [-0.4, -0.2) is 43.1 Å². The Bertz CT molecular complexity index is 5040. The fourth-order valence-corrected chi connectivity index (χ4v) is 24.0. The van der Waals surface area contributed by atoms with E-state index in [2.05, 4.69) is 368 Å². The van der Waals surface area contributed by atoms with Gasteiger partial charge in [0.05, 0.1) is 62.4 Å². The average Bonchev–Trinajstić information content (AvgIpc) is 0.808. The van der Waals surface area contributed by atoms with Crippen molar-refractivity contribution in [3.05, 3.63) is 360 Å². The molecule has 0 bridgehead atoms. The van der Waals surface area contributed by atoms with Crippen molar-refractivity contribution in [3.63, 3.8) is 0 Å². The van der Waals surface area contributed by atoms with Crippen molar-refractivity contribution in [1.29, 1.82) is 0 Å². The Kier molecular flexibility index (Phi) is 33.9. The highest BCUT2D eigenvalue weighted by Crippen LogP contribution is 2.39. The first-order chi connectivity index (χ1) is 53.7. The van der Waals surface area contributed by atoms with Gasteiger partial charge in [0.15, 0.2) is 44.1 Å². The van der Waals surface area contributed by atoms with Crippen LogP contribution in [0.25, 0.3) is 0 Å². The Morgan fingerprint density at radius 1 is 0.312 bits per heavy atom. The van der Waals surface area contributed by atoms with Crippen LogP contribution >= 0.6 is 174 Å². The van der Waals surface area contributed by atoms with Gasteiger partial charge in [0.2, 0.25) is 0 Å². The van der Waals surface area contributed by atoms with Crippen molar-refractivity contribution in [1.82, 2.24) is 0 Å². The maximum atomic E-state index is 12.8. The maximum Gasteiger partial charge on any atom is 0.340 e. The van der Waals surface area contributed by atoms with Gasteiger partial charge in [-0.2, -0.15) is 0 Å². The van der Waals surface area contributed by atoms with Gasteiger partial charge in [0.25, 0.3) is 0 Å². The maximum absolute atomic E-state index is 12.8. The number of halogens is 8. The van der Waals surface area contributed by atoms with Crippen molar-refractivity contribution < 1.29 is 47.7 Å². The van der Waals surface area contributed by atoms with Crippen molar-refractivity contribution in [2.75, 3.05) is 13.2 Å². The molecule has 0 heterocycles. The summed E-state index contributed by atoms with van der Waals surface area (Å²) in [5.41, 5.74) is 2.01. The molecule has 0 N–H and O–H groups in total. The van der Waals surface area contributed by atoms with Crippen molar-refractivity contribution in [3.8, 4) is 0 Å². The van der Waals surface area contributed by atoms with Crippen LogP contribution in [-0.2, 0) is 82.8 Å². The van der Waals surface area contributed by atoms with Crippen LogP contribution in [0, 0.1) is 25.0 Å². The number of rotatable bonds is 25. The Hall–Kier alpha value is -5.37. The molecule has 0 fully saturated rings. The monoisotopic (exact) mass is 2390 g/mol. The van der Waals surface area contributed by atoms with Gasteiger partial charge in [-0.3, -0.25) is 9.59 Å². The summed E-state index contributed by atoms with van der Waals surface area (Å²) in [6.07, 6.45) is 0.546. The Labute approximate surface area is 768 Å². The van der Waals surface area contributed by atoms with E-state index in [-0.39, 0.29) is 76.6 Å². The molecule has 12 rings (SSSR count). The van der Waals surface area contributed by atoms with E-state index in [1.54, 1.807) is 6.07 Å². The summed E-state index contributed by atoms with van der Waals surface area (Å²) < 4.78 is 35.7. The molecule has 572 valence electrons. The van der Waals surface area contributed by atoms with Crippen molar-refractivity contribution >= 4 is 237 Å². The van der Waals surface area contributed by atoms with E-state index in [9.17, 15) is 24.0 Å². The minimum atomic E-state index is -0.835. The van der Waals surface area contributed by atoms with Gasteiger partial charge in [-0.15, -0.1) is 0 Å². The van der Waals surface area contributed by atoms with Gasteiger partial charge >= 0.3 is 29.8 Å². The molecule has 12 aromatic rings. The Balaban J connectivity index is 0.000000179. The minimum absolute atomic E-state index is 0.0180. The van der Waals surface area contributed by atoms with Gasteiger partial charge in [-0.05, 0) is 374 Å². The summed E-state index contributed by atoms with van der Waals surface area (Å²) in [4.78, 5) is 74.5. The lowest BCUT2D eigenvalue weighted by Crippen LogP contribution is -2.26. The normalized spacial score (nSPS) is 11.4. The molecule has 0 aliphatic heterocycles.